The van der Waals surface area contributed by atoms with Crippen LogP contribution < -0.4 is 16.0 Å². The monoisotopic (exact) mass is 637 g/mol. The topological polar surface area (TPSA) is 151 Å². The number of non-ortho nitro benzene ring substituents is 1. The van der Waals surface area contributed by atoms with Crippen LogP contribution in [0, 0.1) is 15.9 Å². The number of halogens is 2. The molecule has 0 saturated carbocycles. The van der Waals surface area contributed by atoms with Crippen LogP contribution in [-0.2, 0) is 4.79 Å². The first kappa shape index (κ1) is 30.1. The number of carbonyl (C=O) groups is 1. The number of hydrazone groups is 1. The molecule has 0 aliphatic carbocycles. The Morgan fingerprint density at radius 3 is 1.89 bits per heavy atom. The highest BCUT2D eigenvalue weighted by molar-refractivity contribution is 6.30. The lowest BCUT2D eigenvalue weighted by Crippen LogP contribution is -2.24. The Hall–Kier alpha value is -5.95. The Labute approximate surface area is 267 Å². The molecule has 1 aliphatic heterocycles. The first-order valence-electron chi connectivity index (χ1n) is 14.0. The van der Waals surface area contributed by atoms with Crippen LogP contribution in [0.25, 0.3) is 0 Å². The molecule has 5 aromatic rings. The van der Waals surface area contributed by atoms with Crippen molar-refractivity contribution in [1.29, 1.82) is 0 Å². The summed E-state index contributed by atoms with van der Waals surface area (Å²) >= 11 is 6.02. The van der Waals surface area contributed by atoms with Gasteiger partial charge in [0.05, 0.1) is 16.7 Å². The number of nitrogens with one attached hydrogen (secondary N) is 3. The molecular weight excluding hydrogens is 613 g/mol. The van der Waals surface area contributed by atoms with E-state index < -0.39 is 11.0 Å². The average molecular weight is 638 g/mol. The van der Waals surface area contributed by atoms with Gasteiger partial charge >= 0.3 is 0 Å². The van der Waals surface area contributed by atoms with Crippen molar-refractivity contribution >= 4 is 63.8 Å². The fourth-order valence-electron chi connectivity index (χ4n) is 4.82. The van der Waals surface area contributed by atoms with Crippen molar-refractivity contribution in [3.63, 3.8) is 0 Å². The van der Waals surface area contributed by atoms with Gasteiger partial charge in [0.25, 0.3) is 5.69 Å². The maximum absolute atomic E-state index is 13.4. The molecule has 1 aliphatic rings. The van der Waals surface area contributed by atoms with Gasteiger partial charge in [-0.2, -0.15) is 20.1 Å². The maximum atomic E-state index is 13.4. The van der Waals surface area contributed by atoms with Crippen molar-refractivity contribution in [2.45, 2.75) is 19.4 Å². The molecule has 0 bridgehead atoms. The third-order valence-corrected chi connectivity index (χ3v) is 7.26. The van der Waals surface area contributed by atoms with Gasteiger partial charge in [0.2, 0.25) is 23.8 Å². The van der Waals surface area contributed by atoms with Gasteiger partial charge in [-0.05, 0) is 71.8 Å². The maximum Gasteiger partial charge on any atom is 0.269 e. The minimum Gasteiger partial charge on any atom is -0.324 e. The molecule has 0 saturated heterocycles. The second-order valence-electron chi connectivity index (χ2n) is 10.3. The number of carbonyl (C=O) groups excluding carboxylic acids is 1. The molecule has 0 radical (unpaired) electrons. The molecule has 230 valence electrons. The lowest BCUT2D eigenvalue weighted by atomic mass is 9.98. The summed E-state index contributed by atoms with van der Waals surface area (Å²) in [6.07, 6.45) is 0.388. The standard InChI is InChI=1S/C32H25ClFN9O3/c1-19(44)42-29(21-3-2-4-27(17-21)43(45)46)18-28(41-42)20-5-11-24(12-6-20)35-30-38-31(36-25-13-7-22(33)8-14-25)40-32(39-30)37-26-15-9-23(34)10-16-26/h2-17,29H,18H2,1H3,(H3,35,36,37,38,39,40). The van der Waals surface area contributed by atoms with Gasteiger partial charge in [-0.3, -0.25) is 14.9 Å². The molecule has 46 heavy (non-hydrogen) atoms. The van der Waals surface area contributed by atoms with E-state index in [1.54, 1.807) is 48.5 Å². The molecule has 0 fully saturated rings. The van der Waals surface area contributed by atoms with Crippen molar-refractivity contribution in [3.05, 3.63) is 129 Å². The number of nitro groups is 1. The Bertz CT molecular complexity index is 1870. The first-order chi connectivity index (χ1) is 22.2. The number of aromatic nitrogens is 3. The third-order valence-electron chi connectivity index (χ3n) is 7.01. The lowest BCUT2D eigenvalue weighted by molar-refractivity contribution is -0.385. The summed E-state index contributed by atoms with van der Waals surface area (Å²) in [7, 11) is 0. The summed E-state index contributed by atoms with van der Waals surface area (Å²) in [5.41, 5.74) is 3.98. The van der Waals surface area contributed by atoms with E-state index in [0.717, 1.165) is 5.56 Å². The molecule has 4 aromatic carbocycles. The summed E-state index contributed by atoms with van der Waals surface area (Å²) in [6, 6.07) is 25.9. The van der Waals surface area contributed by atoms with Crippen molar-refractivity contribution in [2.75, 3.05) is 16.0 Å². The Balaban J connectivity index is 1.23. The summed E-state index contributed by atoms with van der Waals surface area (Å²) < 4.78 is 13.4. The first-order valence-corrected chi connectivity index (χ1v) is 14.4. The van der Waals surface area contributed by atoms with E-state index >= 15 is 0 Å². The summed E-state index contributed by atoms with van der Waals surface area (Å²) in [6.45, 7) is 1.41. The number of amides is 1. The van der Waals surface area contributed by atoms with Crippen LogP contribution in [0.4, 0.5) is 45.0 Å². The molecule has 1 unspecified atom stereocenters. The number of hydrogen-bond acceptors (Lipinski definition) is 10. The van der Waals surface area contributed by atoms with E-state index in [2.05, 4.69) is 36.0 Å². The van der Waals surface area contributed by atoms with Crippen LogP contribution in [0.15, 0.2) is 102 Å². The van der Waals surface area contributed by atoms with Gasteiger partial charge in [-0.25, -0.2) is 9.40 Å². The average Bonchev–Trinajstić information content (AvgIpc) is 3.50. The van der Waals surface area contributed by atoms with Crippen molar-refractivity contribution in [3.8, 4) is 0 Å². The van der Waals surface area contributed by atoms with Crippen LogP contribution in [0.2, 0.25) is 5.02 Å². The number of benzene rings is 4. The van der Waals surface area contributed by atoms with Crippen molar-refractivity contribution in [2.24, 2.45) is 5.10 Å². The van der Waals surface area contributed by atoms with Gasteiger partial charge in [0.15, 0.2) is 0 Å². The Kier molecular flexibility index (Phi) is 8.48. The van der Waals surface area contributed by atoms with Crippen molar-refractivity contribution < 1.29 is 14.1 Å². The van der Waals surface area contributed by atoms with Gasteiger partial charge in [0, 0.05) is 47.6 Å². The number of nitrogens with zero attached hydrogens (tertiary/aromatic N) is 6. The molecule has 1 atom stereocenters. The minimum atomic E-state index is -0.464. The Morgan fingerprint density at radius 2 is 1.37 bits per heavy atom. The number of rotatable bonds is 9. The molecule has 2 heterocycles. The zero-order valence-corrected chi connectivity index (χ0v) is 24.9. The van der Waals surface area contributed by atoms with Crippen LogP contribution >= 0.6 is 11.6 Å². The number of nitro benzene ring substituents is 1. The fraction of sp³-hybridized carbons (Fsp3) is 0.0938. The normalized spacial score (nSPS) is 14.0. The second-order valence-corrected chi connectivity index (χ2v) is 10.7. The minimum absolute atomic E-state index is 0.0502. The van der Waals surface area contributed by atoms with E-state index in [9.17, 15) is 19.3 Å². The molecule has 12 nitrogen and oxygen atoms in total. The van der Waals surface area contributed by atoms with E-state index in [0.29, 0.717) is 39.8 Å². The number of hydrogen-bond donors (Lipinski definition) is 3. The van der Waals surface area contributed by atoms with Gasteiger partial charge < -0.3 is 16.0 Å². The van der Waals surface area contributed by atoms with E-state index in [-0.39, 0.29) is 35.3 Å². The van der Waals surface area contributed by atoms with Crippen LogP contribution in [0.5, 0.6) is 0 Å². The van der Waals surface area contributed by atoms with E-state index in [4.69, 9.17) is 11.6 Å². The highest BCUT2D eigenvalue weighted by Crippen LogP contribution is 2.34. The summed E-state index contributed by atoms with van der Waals surface area (Å²) in [5, 5.41) is 27.2. The van der Waals surface area contributed by atoms with E-state index in [1.165, 1.54) is 36.2 Å². The van der Waals surface area contributed by atoms with Crippen LogP contribution in [0.1, 0.15) is 30.5 Å². The molecule has 1 aromatic heterocycles. The van der Waals surface area contributed by atoms with Crippen molar-refractivity contribution in [1.82, 2.24) is 20.0 Å². The van der Waals surface area contributed by atoms with Crippen LogP contribution in [0.3, 0.4) is 0 Å². The number of anilines is 6. The SMILES string of the molecule is CC(=O)N1N=C(c2ccc(Nc3nc(Nc4ccc(F)cc4)nc(Nc4ccc(Cl)cc4)n3)cc2)CC1c1cccc([N+](=O)[O-])c1. The molecular formula is C32H25ClFN9O3. The Morgan fingerprint density at radius 1 is 0.848 bits per heavy atom. The smallest absolute Gasteiger partial charge is 0.269 e. The zero-order chi connectivity index (χ0) is 32.2. The predicted octanol–water partition coefficient (Wildman–Crippen LogP) is 7.50. The van der Waals surface area contributed by atoms with Gasteiger partial charge in [-0.1, -0.05) is 35.9 Å². The lowest BCUT2D eigenvalue weighted by Gasteiger charge is -2.20. The molecule has 3 N–H and O–H groups in total. The molecule has 6 rings (SSSR count). The highest BCUT2D eigenvalue weighted by atomic mass is 35.5. The highest BCUT2D eigenvalue weighted by Gasteiger charge is 2.32. The second kappa shape index (κ2) is 13.0. The predicted molar refractivity (Wildman–Crippen MR) is 173 cm³/mol. The quantitative estimate of drug-likeness (QED) is 0.110. The largest absolute Gasteiger partial charge is 0.324 e. The van der Waals surface area contributed by atoms with Crippen LogP contribution in [-0.4, -0.2) is 36.5 Å². The molecule has 14 heteroatoms. The third kappa shape index (κ3) is 7.05. The summed E-state index contributed by atoms with van der Waals surface area (Å²) in [4.78, 5) is 36.7. The van der Waals surface area contributed by atoms with Gasteiger partial charge in [-0.15, -0.1) is 0 Å². The fourth-order valence-corrected chi connectivity index (χ4v) is 4.95. The summed E-state index contributed by atoms with van der Waals surface area (Å²) in [5.74, 6) is 0.0596. The molecule has 0 spiro atoms. The van der Waals surface area contributed by atoms with E-state index in [1.807, 2.05) is 24.3 Å². The molecule has 1 amide bonds. The van der Waals surface area contributed by atoms with Gasteiger partial charge in [0.1, 0.15) is 5.82 Å². The zero-order valence-electron chi connectivity index (χ0n) is 24.2.